The zero-order valence-corrected chi connectivity index (χ0v) is 11.5. The van der Waals surface area contributed by atoms with Crippen molar-refractivity contribution in [2.75, 3.05) is 6.61 Å². The molecule has 3 heteroatoms. The number of hydrogen-bond donors (Lipinski definition) is 1. The van der Waals surface area contributed by atoms with E-state index in [4.69, 9.17) is 10.5 Å². The molecule has 0 unspecified atom stereocenters. The van der Waals surface area contributed by atoms with Gasteiger partial charge in [-0.2, -0.15) is 0 Å². The lowest BCUT2D eigenvalue weighted by Crippen LogP contribution is -2.01. The predicted molar refractivity (Wildman–Crippen MR) is 75.6 cm³/mol. The van der Waals surface area contributed by atoms with Crippen LogP contribution in [0.1, 0.15) is 57.6 Å². The molecule has 102 valence electrons. The van der Waals surface area contributed by atoms with Crippen molar-refractivity contribution >= 4 is 0 Å². The minimum absolute atomic E-state index is 0.484. The van der Waals surface area contributed by atoms with Gasteiger partial charge in [0.15, 0.2) is 0 Å². The zero-order chi connectivity index (χ0) is 13.1. The van der Waals surface area contributed by atoms with Crippen LogP contribution in [-0.2, 0) is 6.54 Å². The Kier molecular flexibility index (Phi) is 8.23. The number of rotatable bonds is 10. The van der Waals surface area contributed by atoms with Gasteiger partial charge in [-0.25, -0.2) is 0 Å². The Labute approximate surface area is 111 Å². The topological polar surface area (TPSA) is 48.1 Å². The van der Waals surface area contributed by atoms with Gasteiger partial charge in [0.05, 0.1) is 18.5 Å². The van der Waals surface area contributed by atoms with Crippen molar-refractivity contribution in [2.45, 2.75) is 58.4 Å². The molecule has 0 bridgehead atoms. The summed E-state index contributed by atoms with van der Waals surface area (Å²) in [7, 11) is 0. The zero-order valence-electron chi connectivity index (χ0n) is 11.5. The molecule has 18 heavy (non-hydrogen) atoms. The number of aromatic nitrogens is 1. The average molecular weight is 250 g/mol. The first kappa shape index (κ1) is 15.0. The van der Waals surface area contributed by atoms with E-state index < -0.39 is 0 Å². The van der Waals surface area contributed by atoms with Crippen LogP contribution in [0.25, 0.3) is 0 Å². The summed E-state index contributed by atoms with van der Waals surface area (Å²) in [5.41, 5.74) is 6.39. The van der Waals surface area contributed by atoms with E-state index in [1.54, 1.807) is 6.20 Å². The van der Waals surface area contributed by atoms with Gasteiger partial charge in [0.2, 0.25) is 0 Å². The average Bonchev–Trinajstić information content (AvgIpc) is 2.42. The van der Waals surface area contributed by atoms with E-state index in [0.29, 0.717) is 6.54 Å². The van der Waals surface area contributed by atoms with Crippen LogP contribution >= 0.6 is 0 Å². The lowest BCUT2D eigenvalue weighted by molar-refractivity contribution is 0.303. The number of nitrogens with two attached hydrogens (primary N) is 1. The third-order valence-corrected chi connectivity index (χ3v) is 3.02. The van der Waals surface area contributed by atoms with Crippen LogP contribution in [0.2, 0.25) is 0 Å². The van der Waals surface area contributed by atoms with Crippen molar-refractivity contribution in [2.24, 2.45) is 5.73 Å². The van der Waals surface area contributed by atoms with Crippen LogP contribution in [-0.4, -0.2) is 11.6 Å². The molecule has 0 fully saturated rings. The van der Waals surface area contributed by atoms with E-state index in [1.807, 2.05) is 12.1 Å². The lowest BCUT2D eigenvalue weighted by Gasteiger charge is -2.06. The molecule has 3 nitrogen and oxygen atoms in total. The number of pyridine rings is 1. The normalized spacial score (nSPS) is 10.6. The summed E-state index contributed by atoms with van der Waals surface area (Å²) < 4.78 is 5.63. The van der Waals surface area contributed by atoms with Crippen molar-refractivity contribution in [3.8, 4) is 5.75 Å². The van der Waals surface area contributed by atoms with Gasteiger partial charge >= 0.3 is 0 Å². The summed E-state index contributed by atoms with van der Waals surface area (Å²) in [6.45, 7) is 3.52. The second-order valence-corrected chi connectivity index (χ2v) is 4.66. The fourth-order valence-corrected chi connectivity index (χ4v) is 1.87. The van der Waals surface area contributed by atoms with Crippen molar-refractivity contribution in [3.63, 3.8) is 0 Å². The van der Waals surface area contributed by atoms with Gasteiger partial charge in [-0.1, -0.05) is 45.4 Å². The predicted octanol–water partition coefficient (Wildman–Crippen LogP) is 3.67. The molecule has 0 saturated heterocycles. The fourth-order valence-electron chi connectivity index (χ4n) is 1.87. The molecule has 0 radical (unpaired) electrons. The van der Waals surface area contributed by atoms with Crippen LogP contribution in [0.5, 0.6) is 5.75 Å². The molecule has 1 heterocycles. The Morgan fingerprint density at radius 3 is 2.39 bits per heavy atom. The maximum atomic E-state index is 5.63. The summed E-state index contributed by atoms with van der Waals surface area (Å²) in [6, 6.07) is 3.86. The molecule has 0 aliphatic rings. The molecule has 0 spiro atoms. The minimum atomic E-state index is 0.484. The summed E-state index contributed by atoms with van der Waals surface area (Å²) >= 11 is 0. The molecule has 0 amide bonds. The number of ether oxygens (including phenoxy) is 1. The quantitative estimate of drug-likeness (QED) is 0.644. The molecule has 1 aromatic rings. The van der Waals surface area contributed by atoms with Gasteiger partial charge in [-0.3, -0.25) is 4.98 Å². The Hall–Kier alpha value is -1.09. The molecule has 0 aliphatic heterocycles. The molecular formula is C15H26N2O. The molecule has 1 rings (SSSR count). The first-order chi connectivity index (χ1) is 8.86. The second kappa shape index (κ2) is 9.89. The number of unbranched alkanes of at least 4 members (excludes halogenated alkanes) is 6. The van der Waals surface area contributed by atoms with Crippen molar-refractivity contribution in [1.82, 2.24) is 4.98 Å². The lowest BCUT2D eigenvalue weighted by atomic mass is 10.1. The highest BCUT2D eigenvalue weighted by atomic mass is 16.5. The van der Waals surface area contributed by atoms with Crippen LogP contribution < -0.4 is 10.5 Å². The van der Waals surface area contributed by atoms with E-state index in [1.165, 1.54) is 38.5 Å². The SMILES string of the molecule is CCCCCCCCCOc1ccc(CN)nc1. The maximum absolute atomic E-state index is 5.63. The molecule has 1 aromatic heterocycles. The third-order valence-electron chi connectivity index (χ3n) is 3.02. The highest BCUT2D eigenvalue weighted by molar-refractivity contribution is 5.19. The van der Waals surface area contributed by atoms with E-state index in [2.05, 4.69) is 11.9 Å². The second-order valence-electron chi connectivity index (χ2n) is 4.66. The van der Waals surface area contributed by atoms with Gasteiger partial charge < -0.3 is 10.5 Å². The van der Waals surface area contributed by atoms with Crippen LogP contribution in [0.15, 0.2) is 18.3 Å². The van der Waals surface area contributed by atoms with Gasteiger partial charge in [-0.05, 0) is 18.6 Å². The third kappa shape index (κ3) is 6.60. The smallest absolute Gasteiger partial charge is 0.137 e. The Morgan fingerprint density at radius 1 is 1.06 bits per heavy atom. The van der Waals surface area contributed by atoms with Gasteiger partial charge in [0.1, 0.15) is 5.75 Å². The van der Waals surface area contributed by atoms with Crippen LogP contribution in [0.4, 0.5) is 0 Å². The number of nitrogens with zero attached hydrogens (tertiary/aromatic N) is 1. The van der Waals surface area contributed by atoms with Gasteiger partial charge in [0, 0.05) is 6.54 Å². The Morgan fingerprint density at radius 2 is 1.78 bits per heavy atom. The number of hydrogen-bond acceptors (Lipinski definition) is 3. The summed E-state index contributed by atoms with van der Waals surface area (Å²) in [6.07, 6.45) is 10.9. The summed E-state index contributed by atoms with van der Waals surface area (Å²) in [5.74, 6) is 0.846. The molecule has 0 aliphatic carbocycles. The van der Waals surface area contributed by atoms with E-state index in [9.17, 15) is 0 Å². The van der Waals surface area contributed by atoms with Crippen molar-refractivity contribution < 1.29 is 4.74 Å². The monoisotopic (exact) mass is 250 g/mol. The van der Waals surface area contributed by atoms with Gasteiger partial charge in [-0.15, -0.1) is 0 Å². The van der Waals surface area contributed by atoms with Crippen LogP contribution in [0.3, 0.4) is 0 Å². The van der Waals surface area contributed by atoms with E-state index >= 15 is 0 Å². The molecule has 0 saturated carbocycles. The molecular weight excluding hydrogens is 224 g/mol. The highest BCUT2D eigenvalue weighted by Crippen LogP contribution is 2.11. The molecule has 2 N–H and O–H groups in total. The summed E-state index contributed by atoms with van der Waals surface area (Å²) in [4.78, 5) is 4.20. The first-order valence-corrected chi connectivity index (χ1v) is 7.14. The van der Waals surface area contributed by atoms with Crippen LogP contribution in [0, 0.1) is 0 Å². The van der Waals surface area contributed by atoms with Crippen molar-refractivity contribution in [3.05, 3.63) is 24.0 Å². The maximum Gasteiger partial charge on any atom is 0.137 e. The van der Waals surface area contributed by atoms with Gasteiger partial charge in [0.25, 0.3) is 0 Å². The van der Waals surface area contributed by atoms with E-state index in [-0.39, 0.29) is 0 Å². The largest absolute Gasteiger partial charge is 0.492 e. The standard InChI is InChI=1S/C15H26N2O/c1-2-3-4-5-6-7-8-11-18-15-10-9-14(12-16)17-13-15/h9-10,13H,2-8,11-12,16H2,1H3. The highest BCUT2D eigenvalue weighted by Gasteiger charge is 1.96. The first-order valence-electron chi connectivity index (χ1n) is 7.14. The summed E-state index contributed by atoms with van der Waals surface area (Å²) in [5, 5.41) is 0. The van der Waals surface area contributed by atoms with E-state index in [0.717, 1.165) is 24.5 Å². The molecule has 0 aromatic carbocycles. The fraction of sp³-hybridized carbons (Fsp3) is 0.667. The minimum Gasteiger partial charge on any atom is -0.492 e. The Balaban J connectivity index is 2.00. The Bertz CT molecular complexity index is 298. The molecule has 0 atom stereocenters. The van der Waals surface area contributed by atoms with Crippen molar-refractivity contribution in [1.29, 1.82) is 0 Å².